The Bertz CT molecular complexity index is 364. The fourth-order valence-electron chi connectivity index (χ4n) is 1.99. The van der Waals surface area contributed by atoms with Crippen LogP contribution in [0, 0.1) is 5.82 Å². The maximum absolute atomic E-state index is 14.0. The van der Waals surface area contributed by atoms with Crippen LogP contribution in [0.5, 0.6) is 5.75 Å². The predicted molar refractivity (Wildman–Crippen MR) is 60.1 cm³/mol. The number of nitrogens with one attached hydrogen (secondary N) is 1. The normalized spacial score (nSPS) is 20.8. The fourth-order valence-corrected chi connectivity index (χ4v) is 2.56. The molecule has 1 unspecified atom stereocenters. The van der Waals surface area contributed by atoms with E-state index in [9.17, 15) is 9.50 Å². The van der Waals surface area contributed by atoms with Crippen LogP contribution in [-0.2, 0) is 0 Å². The van der Waals surface area contributed by atoms with Crippen molar-refractivity contribution < 1.29 is 9.50 Å². The van der Waals surface area contributed by atoms with Crippen LogP contribution in [0.2, 0.25) is 0 Å². The maximum Gasteiger partial charge on any atom is 0.144 e. The van der Waals surface area contributed by atoms with Gasteiger partial charge < -0.3 is 10.4 Å². The molecule has 1 aromatic rings. The van der Waals surface area contributed by atoms with Crippen molar-refractivity contribution in [1.82, 2.24) is 5.32 Å². The van der Waals surface area contributed by atoms with Gasteiger partial charge in [0.15, 0.2) is 0 Å². The molecule has 1 aromatic carbocycles. The van der Waals surface area contributed by atoms with Crippen LogP contribution in [0.15, 0.2) is 17.0 Å². The molecule has 0 radical (unpaired) electrons. The number of rotatable bonds is 2. The van der Waals surface area contributed by atoms with E-state index in [4.69, 9.17) is 0 Å². The number of hydrogen-bond donors (Lipinski definition) is 2. The van der Waals surface area contributed by atoms with Crippen molar-refractivity contribution >= 4 is 11.8 Å². The number of benzene rings is 1. The molecule has 0 saturated carbocycles. The Kier molecular flexibility index (Phi) is 3.17. The SMILES string of the molecule is CSc1c(O)ccc(C2CCNC2)c1F. The lowest BCUT2D eigenvalue weighted by atomic mass is 9.98. The standard InChI is InChI=1S/C11H14FNOS/c1-15-11-9(14)3-2-8(10(11)12)7-4-5-13-6-7/h2-3,7,13-14H,4-6H2,1H3. The monoisotopic (exact) mass is 227 g/mol. The summed E-state index contributed by atoms with van der Waals surface area (Å²) in [6.45, 7) is 1.77. The second kappa shape index (κ2) is 4.41. The number of phenols is 1. The second-order valence-corrected chi connectivity index (χ2v) is 4.53. The molecule has 0 bridgehead atoms. The summed E-state index contributed by atoms with van der Waals surface area (Å²) in [4.78, 5) is 0.361. The van der Waals surface area contributed by atoms with Crippen molar-refractivity contribution in [3.63, 3.8) is 0 Å². The predicted octanol–water partition coefficient (Wildman–Crippen LogP) is 2.33. The topological polar surface area (TPSA) is 32.3 Å². The highest BCUT2D eigenvalue weighted by atomic mass is 32.2. The summed E-state index contributed by atoms with van der Waals surface area (Å²) in [5, 5.41) is 12.7. The Labute approximate surface area is 92.9 Å². The van der Waals surface area contributed by atoms with Gasteiger partial charge >= 0.3 is 0 Å². The summed E-state index contributed by atoms with van der Waals surface area (Å²) in [7, 11) is 0. The van der Waals surface area contributed by atoms with E-state index in [0.717, 1.165) is 25.1 Å². The summed E-state index contributed by atoms with van der Waals surface area (Å²) in [5.41, 5.74) is 0.724. The average Bonchev–Trinajstić information content (AvgIpc) is 2.71. The molecule has 1 heterocycles. The minimum atomic E-state index is -0.254. The molecular weight excluding hydrogens is 213 g/mol. The third-order valence-corrected chi connectivity index (χ3v) is 3.61. The Morgan fingerprint density at radius 2 is 2.33 bits per heavy atom. The molecule has 4 heteroatoms. The first-order chi connectivity index (χ1) is 7.24. The van der Waals surface area contributed by atoms with Gasteiger partial charge in [-0.05, 0) is 30.9 Å². The van der Waals surface area contributed by atoms with Crippen molar-refractivity contribution in [2.75, 3.05) is 19.3 Å². The van der Waals surface area contributed by atoms with Gasteiger partial charge in [0.1, 0.15) is 11.6 Å². The third kappa shape index (κ3) is 1.96. The molecule has 1 aliphatic rings. The van der Waals surface area contributed by atoms with Crippen molar-refractivity contribution in [2.24, 2.45) is 0 Å². The summed E-state index contributed by atoms with van der Waals surface area (Å²) in [6, 6.07) is 3.28. The zero-order valence-electron chi connectivity index (χ0n) is 8.59. The van der Waals surface area contributed by atoms with E-state index in [0.29, 0.717) is 4.90 Å². The van der Waals surface area contributed by atoms with Crippen LogP contribution in [0.3, 0.4) is 0 Å². The van der Waals surface area contributed by atoms with Crippen LogP contribution in [0.25, 0.3) is 0 Å². The van der Waals surface area contributed by atoms with Gasteiger partial charge in [-0.1, -0.05) is 6.07 Å². The summed E-state index contributed by atoms with van der Waals surface area (Å²) >= 11 is 1.25. The molecular formula is C11H14FNOS. The van der Waals surface area contributed by atoms with E-state index in [1.165, 1.54) is 11.8 Å². The van der Waals surface area contributed by atoms with Crippen LogP contribution >= 0.6 is 11.8 Å². The van der Waals surface area contributed by atoms with E-state index in [1.807, 2.05) is 0 Å². The van der Waals surface area contributed by atoms with E-state index in [-0.39, 0.29) is 17.5 Å². The molecule has 1 atom stereocenters. The molecule has 82 valence electrons. The molecule has 0 aliphatic carbocycles. The van der Waals surface area contributed by atoms with Crippen molar-refractivity contribution in [3.8, 4) is 5.75 Å². The van der Waals surface area contributed by atoms with E-state index >= 15 is 0 Å². The summed E-state index contributed by atoms with van der Waals surface area (Å²) in [6.07, 6.45) is 2.74. The minimum absolute atomic E-state index is 0.0368. The lowest BCUT2D eigenvalue weighted by Gasteiger charge is -2.13. The zero-order chi connectivity index (χ0) is 10.8. The highest BCUT2D eigenvalue weighted by molar-refractivity contribution is 7.98. The number of phenolic OH excluding ortho intramolecular Hbond substituents is 1. The largest absolute Gasteiger partial charge is 0.507 e. The molecule has 2 N–H and O–H groups in total. The maximum atomic E-state index is 14.0. The zero-order valence-corrected chi connectivity index (χ0v) is 9.40. The van der Waals surface area contributed by atoms with Crippen LogP contribution < -0.4 is 5.32 Å². The van der Waals surface area contributed by atoms with Crippen molar-refractivity contribution in [3.05, 3.63) is 23.5 Å². The van der Waals surface area contributed by atoms with E-state index in [1.54, 1.807) is 18.4 Å². The number of halogens is 1. The first kappa shape index (κ1) is 10.8. The molecule has 0 aromatic heterocycles. The van der Waals surface area contributed by atoms with Gasteiger partial charge in [-0.2, -0.15) is 0 Å². The first-order valence-electron chi connectivity index (χ1n) is 5.00. The number of hydrogen-bond acceptors (Lipinski definition) is 3. The molecule has 1 saturated heterocycles. The lowest BCUT2D eigenvalue weighted by Crippen LogP contribution is -2.09. The van der Waals surface area contributed by atoms with Gasteiger partial charge in [-0.15, -0.1) is 11.8 Å². The Morgan fingerprint density at radius 3 is 2.93 bits per heavy atom. The number of thioether (sulfide) groups is 1. The fraction of sp³-hybridized carbons (Fsp3) is 0.455. The summed E-state index contributed by atoms with van der Waals surface area (Å²) in [5.74, 6) is 0.0300. The quantitative estimate of drug-likeness (QED) is 0.761. The van der Waals surface area contributed by atoms with Crippen LogP contribution in [0.4, 0.5) is 4.39 Å². The Morgan fingerprint density at radius 1 is 1.53 bits per heavy atom. The Hall–Kier alpha value is -0.740. The molecule has 15 heavy (non-hydrogen) atoms. The van der Waals surface area contributed by atoms with Gasteiger partial charge in [0, 0.05) is 12.5 Å². The van der Waals surface area contributed by atoms with Crippen molar-refractivity contribution in [2.45, 2.75) is 17.2 Å². The molecule has 2 nitrogen and oxygen atoms in total. The molecule has 0 amide bonds. The number of aromatic hydroxyl groups is 1. The summed E-state index contributed by atoms with van der Waals surface area (Å²) < 4.78 is 14.0. The van der Waals surface area contributed by atoms with Crippen LogP contribution in [-0.4, -0.2) is 24.5 Å². The van der Waals surface area contributed by atoms with E-state index in [2.05, 4.69) is 5.32 Å². The average molecular weight is 227 g/mol. The molecule has 2 rings (SSSR count). The molecule has 0 spiro atoms. The first-order valence-corrected chi connectivity index (χ1v) is 6.22. The third-order valence-electron chi connectivity index (χ3n) is 2.81. The highest BCUT2D eigenvalue weighted by Gasteiger charge is 2.22. The van der Waals surface area contributed by atoms with Gasteiger partial charge in [0.05, 0.1) is 4.90 Å². The lowest BCUT2D eigenvalue weighted by molar-refractivity contribution is 0.446. The van der Waals surface area contributed by atoms with Gasteiger partial charge in [-0.25, -0.2) is 4.39 Å². The van der Waals surface area contributed by atoms with Crippen LogP contribution in [0.1, 0.15) is 17.9 Å². The molecule has 1 aliphatic heterocycles. The highest BCUT2D eigenvalue weighted by Crippen LogP contribution is 2.35. The van der Waals surface area contributed by atoms with Gasteiger partial charge in [0.2, 0.25) is 0 Å². The second-order valence-electron chi connectivity index (χ2n) is 3.71. The molecule has 1 fully saturated rings. The van der Waals surface area contributed by atoms with Gasteiger partial charge in [0.25, 0.3) is 0 Å². The minimum Gasteiger partial charge on any atom is -0.507 e. The van der Waals surface area contributed by atoms with Gasteiger partial charge in [-0.3, -0.25) is 0 Å². The van der Waals surface area contributed by atoms with E-state index < -0.39 is 0 Å². The van der Waals surface area contributed by atoms with Crippen molar-refractivity contribution in [1.29, 1.82) is 0 Å². The smallest absolute Gasteiger partial charge is 0.144 e. The Balaban J connectivity index is 2.39.